The highest BCUT2D eigenvalue weighted by atomic mass is 16.2. The Bertz CT molecular complexity index is 904. The minimum absolute atomic E-state index is 0.0831. The monoisotopic (exact) mass is 368 g/mol. The van der Waals surface area contributed by atoms with Crippen molar-refractivity contribution >= 4 is 23.4 Å². The van der Waals surface area contributed by atoms with E-state index in [4.69, 9.17) is 0 Å². The van der Waals surface area contributed by atoms with Crippen LogP contribution in [0.4, 0.5) is 5.69 Å². The van der Waals surface area contributed by atoms with Gasteiger partial charge in [-0.1, -0.05) is 18.2 Å². The average molecular weight is 368 g/mol. The van der Waals surface area contributed by atoms with E-state index >= 15 is 0 Å². The smallest absolute Gasteiger partial charge is 0.258 e. The van der Waals surface area contributed by atoms with E-state index in [1.54, 1.807) is 29.2 Å². The summed E-state index contributed by atoms with van der Waals surface area (Å²) in [5.41, 5.74) is 5.91. The molecule has 2 aromatic rings. The molecule has 1 fully saturated rings. The SMILES string of the molecule is O=C(Cc1ccc(N2CCCC2=O)cc1)NNC(=O)Cn1ccccc1=O. The zero-order chi connectivity index (χ0) is 19.2. The normalized spacial score (nSPS) is 13.5. The van der Waals surface area contributed by atoms with Crippen LogP contribution < -0.4 is 21.3 Å². The highest BCUT2D eigenvalue weighted by Gasteiger charge is 2.21. The number of carbonyl (C=O) groups excluding carboxylic acids is 3. The van der Waals surface area contributed by atoms with Crippen LogP contribution in [-0.2, 0) is 27.3 Å². The first-order chi connectivity index (χ1) is 13.0. The quantitative estimate of drug-likeness (QED) is 0.745. The van der Waals surface area contributed by atoms with Crippen LogP contribution in [0.15, 0.2) is 53.5 Å². The molecule has 0 radical (unpaired) electrons. The number of nitrogens with zero attached hydrogens (tertiary/aromatic N) is 2. The van der Waals surface area contributed by atoms with Gasteiger partial charge in [0.15, 0.2) is 0 Å². The van der Waals surface area contributed by atoms with Gasteiger partial charge in [-0.2, -0.15) is 0 Å². The molecule has 140 valence electrons. The van der Waals surface area contributed by atoms with Crippen LogP contribution in [-0.4, -0.2) is 28.8 Å². The number of carbonyl (C=O) groups is 3. The topological polar surface area (TPSA) is 101 Å². The Hall–Kier alpha value is -3.42. The summed E-state index contributed by atoms with van der Waals surface area (Å²) < 4.78 is 1.24. The maximum Gasteiger partial charge on any atom is 0.258 e. The Morgan fingerprint density at radius 1 is 0.963 bits per heavy atom. The van der Waals surface area contributed by atoms with Crippen molar-refractivity contribution in [2.24, 2.45) is 0 Å². The molecule has 1 aromatic carbocycles. The molecule has 3 rings (SSSR count). The third-order valence-corrected chi connectivity index (χ3v) is 4.24. The molecule has 1 aromatic heterocycles. The summed E-state index contributed by atoms with van der Waals surface area (Å²) in [5, 5.41) is 0. The maximum atomic E-state index is 12.0. The van der Waals surface area contributed by atoms with E-state index in [0.717, 1.165) is 24.2 Å². The number of nitrogens with one attached hydrogen (secondary N) is 2. The molecule has 0 bridgehead atoms. The van der Waals surface area contributed by atoms with Crippen molar-refractivity contribution in [2.75, 3.05) is 11.4 Å². The van der Waals surface area contributed by atoms with Gasteiger partial charge in [0.25, 0.3) is 11.5 Å². The predicted molar refractivity (Wildman–Crippen MR) is 98.7 cm³/mol. The Morgan fingerprint density at radius 3 is 2.37 bits per heavy atom. The van der Waals surface area contributed by atoms with Gasteiger partial charge >= 0.3 is 0 Å². The first-order valence-electron chi connectivity index (χ1n) is 8.65. The van der Waals surface area contributed by atoms with Crippen LogP contribution in [0, 0.1) is 0 Å². The Balaban J connectivity index is 1.47. The number of hydrogen-bond acceptors (Lipinski definition) is 4. The fourth-order valence-corrected chi connectivity index (χ4v) is 2.87. The average Bonchev–Trinajstić information content (AvgIpc) is 3.09. The molecule has 0 spiro atoms. The van der Waals surface area contributed by atoms with Gasteiger partial charge in [-0.15, -0.1) is 0 Å². The summed E-state index contributed by atoms with van der Waals surface area (Å²) >= 11 is 0. The van der Waals surface area contributed by atoms with Crippen molar-refractivity contribution in [3.63, 3.8) is 0 Å². The minimum atomic E-state index is -0.500. The van der Waals surface area contributed by atoms with Crippen molar-refractivity contribution in [1.29, 1.82) is 0 Å². The van der Waals surface area contributed by atoms with Gasteiger partial charge in [0.2, 0.25) is 11.8 Å². The summed E-state index contributed by atoms with van der Waals surface area (Å²) in [6.45, 7) is 0.535. The number of amides is 3. The minimum Gasteiger partial charge on any atom is -0.312 e. The molecular weight excluding hydrogens is 348 g/mol. The van der Waals surface area contributed by atoms with Crippen molar-refractivity contribution < 1.29 is 14.4 Å². The molecule has 2 heterocycles. The molecule has 0 atom stereocenters. The lowest BCUT2D eigenvalue weighted by molar-refractivity contribution is -0.128. The molecule has 0 saturated carbocycles. The Morgan fingerprint density at radius 2 is 1.70 bits per heavy atom. The van der Waals surface area contributed by atoms with Crippen LogP contribution in [0.3, 0.4) is 0 Å². The zero-order valence-electron chi connectivity index (χ0n) is 14.7. The highest BCUT2D eigenvalue weighted by Crippen LogP contribution is 2.21. The fourth-order valence-electron chi connectivity index (χ4n) is 2.87. The van der Waals surface area contributed by atoms with Crippen LogP contribution in [0.1, 0.15) is 18.4 Å². The summed E-state index contributed by atoms with van der Waals surface area (Å²) in [5.74, 6) is -0.769. The maximum absolute atomic E-state index is 12.0. The van der Waals surface area contributed by atoms with Gasteiger partial charge in [0, 0.05) is 30.9 Å². The van der Waals surface area contributed by atoms with E-state index in [1.165, 1.54) is 16.8 Å². The molecule has 8 nitrogen and oxygen atoms in total. The molecule has 27 heavy (non-hydrogen) atoms. The molecule has 3 amide bonds. The van der Waals surface area contributed by atoms with Crippen LogP contribution in [0.5, 0.6) is 0 Å². The second-order valence-corrected chi connectivity index (χ2v) is 6.26. The van der Waals surface area contributed by atoms with Crippen LogP contribution in [0.25, 0.3) is 0 Å². The molecule has 1 saturated heterocycles. The lowest BCUT2D eigenvalue weighted by Gasteiger charge is -2.16. The predicted octanol–water partition coefficient (Wildman–Crippen LogP) is 0.365. The van der Waals surface area contributed by atoms with Gasteiger partial charge in [0.05, 0.1) is 6.42 Å². The molecule has 0 unspecified atom stereocenters. The van der Waals surface area contributed by atoms with Crippen molar-refractivity contribution in [3.05, 3.63) is 64.6 Å². The third kappa shape index (κ3) is 4.81. The summed E-state index contributed by atoms with van der Waals surface area (Å²) in [7, 11) is 0. The van der Waals surface area contributed by atoms with E-state index in [2.05, 4.69) is 10.9 Å². The second-order valence-electron chi connectivity index (χ2n) is 6.26. The summed E-state index contributed by atoms with van der Waals surface area (Å²) in [6.07, 6.45) is 3.01. The number of hydrazine groups is 1. The van der Waals surface area contributed by atoms with E-state index < -0.39 is 5.91 Å². The highest BCUT2D eigenvalue weighted by molar-refractivity contribution is 5.95. The van der Waals surface area contributed by atoms with Gasteiger partial charge in [-0.3, -0.25) is 30.0 Å². The number of hydrogen-bond donors (Lipinski definition) is 2. The van der Waals surface area contributed by atoms with Gasteiger partial charge < -0.3 is 9.47 Å². The molecular formula is C19H20N4O4. The van der Waals surface area contributed by atoms with Crippen molar-refractivity contribution in [2.45, 2.75) is 25.8 Å². The molecule has 1 aliphatic heterocycles. The van der Waals surface area contributed by atoms with Gasteiger partial charge in [-0.05, 0) is 30.2 Å². The largest absolute Gasteiger partial charge is 0.312 e. The standard InChI is InChI=1S/C19H20N4O4/c24-16(20-21-17(25)13-22-10-2-1-4-18(22)26)12-14-6-8-15(9-7-14)23-11-3-5-19(23)27/h1-2,4,6-10H,3,5,11-13H2,(H,20,24)(H,21,25). The van der Waals surface area contributed by atoms with Crippen LogP contribution in [0.2, 0.25) is 0 Å². The Kier molecular flexibility index (Phi) is 5.65. The second kappa shape index (κ2) is 8.31. The lowest BCUT2D eigenvalue weighted by Crippen LogP contribution is -2.44. The van der Waals surface area contributed by atoms with Crippen LogP contribution >= 0.6 is 0 Å². The lowest BCUT2D eigenvalue weighted by atomic mass is 10.1. The first kappa shape index (κ1) is 18.4. The summed E-state index contributed by atoms with van der Waals surface area (Å²) in [4.78, 5) is 48.8. The number of aromatic nitrogens is 1. The van der Waals surface area contributed by atoms with E-state index in [9.17, 15) is 19.2 Å². The fraction of sp³-hybridized carbons (Fsp3) is 0.263. The number of anilines is 1. The van der Waals surface area contributed by atoms with Crippen molar-refractivity contribution in [1.82, 2.24) is 15.4 Å². The van der Waals surface area contributed by atoms with Crippen molar-refractivity contribution in [3.8, 4) is 0 Å². The molecule has 8 heteroatoms. The van der Waals surface area contributed by atoms with E-state index in [0.29, 0.717) is 6.42 Å². The molecule has 0 aliphatic carbocycles. The zero-order valence-corrected chi connectivity index (χ0v) is 14.7. The van der Waals surface area contributed by atoms with E-state index in [1.807, 2.05) is 12.1 Å². The number of benzene rings is 1. The van der Waals surface area contributed by atoms with E-state index in [-0.39, 0.29) is 30.3 Å². The van der Waals surface area contributed by atoms with Gasteiger partial charge in [0.1, 0.15) is 6.54 Å². The number of pyridine rings is 1. The molecule has 2 N–H and O–H groups in total. The molecule has 1 aliphatic rings. The Labute approximate surface area is 155 Å². The van der Waals surface area contributed by atoms with Gasteiger partial charge in [-0.25, -0.2) is 0 Å². The number of rotatable bonds is 5. The third-order valence-electron chi connectivity index (χ3n) is 4.24. The summed E-state index contributed by atoms with van der Waals surface area (Å²) in [6, 6.07) is 11.8. The first-order valence-corrected chi connectivity index (χ1v) is 8.65.